The normalized spacial score (nSPS) is 12.3. The van der Waals surface area contributed by atoms with E-state index < -0.39 is 0 Å². The summed E-state index contributed by atoms with van der Waals surface area (Å²) in [5.41, 5.74) is 0.802. The van der Waals surface area contributed by atoms with E-state index in [0.717, 1.165) is 23.4 Å². The maximum absolute atomic E-state index is 12.3. The highest BCUT2D eigenvalue weighted by Crippen LogP contribution is 2.26. The maximum Gasteiger partial charge on any atom is 0.228 e. The Morgan fingerprint density at radius 1 is 1.57 bits per heavy atom. The number of methoxy groups -OCH3 is 1. The molecule has 0 aliphatic carbocycles. The lowest BCUT2D eigenvalue weighted by Gasteiger charge is -2.12. The molecule has 1 unspecified atom stereocenters. The van der Waals surface area contributed by atoms with Crippen LogP contribution in [0.2, 0.25) is 0 Å². The van der Waals surface area contributed by atoms with Crippen LogP contribution in [0.15, 0.2) is 23.6 Å². The summed E-state index contributed by atoms with van der Waals surface area (Å²) in [6.45, 7) is 2.87. The molecule has 0 saturated heterocycles. The first-order valence-corrected chi connectivity index (χ1v) is 8.56. The second-order valence-electron chi connectivity index (χ2n) is 5.36. The number of hydrogen-bond donors (Lipinski definition) is 2. The van der Waals surface area contributed by atoms with E-state index in [9.17, 15) is 9.90 Å². The van der Waals surface area contributed by atoms with Crippen molar-refractivity contribution >= 4 is 23.1 Å². The average molecular weight is 337 g/mol. The highest BCUT2D eigenvalue weighted by atomic mass is 32.1. The van der Waals surface area contributed by atoms with Crippen molar-refractivity contribution < 1.29 is 14.6 Å². The molecule has 0 aliphatic rings. The van der Waals surface area contributed by atoms with E-state index in [1.54, 1.807) is 23.1 Å². The van der Waals surface area contributed by atoms with Crippen molar-refractivity contribution in [2.24, 2.45) is 5.92 Å². The van der Waals surface area contributed by atoms with Crippen molar-refractivity contribution in [3.8, 4) is 10.6 Å². The van der Waals surface area contributed by atoms with Gasteiger partial charge < -0.3 is 15.2 Å². The SMILES string of the molecule is COCCCC(C)C(=O)Nc1cc(-c2cccs2)nn1CCO. The molecule has 6 nitrogen and oxygen atoms in total. The quantitative estimate of drug-likeness (QED) is 0.690. The summed E-state index contributed by atoms with van der Waals surface area (Å²) in [7, 11) is 1.66. The third-order valence-corrected chi connectivity index (χ3v) is 4.44. The van der Waals surface area contributed by atoms with Crippen molar-refractivity contribution in [3.05, 3.63) is 23.6 Å². The summed E-state index contributed by atoms with van der Waals surface area (Å²) in [6.07, 6.45) is 1.62. The Labute approximate surface area is 140 Å². The van der Waals surface area contributed by atoms with E-state index in [1.807, 2.05) is 30.5 Å². The fraction of sp³-hybridized carbons (Fsp3) is 0.500. The summed E-state index contributed by atoms with van der Waals surface area (Å²) in [4.78, 5) is 13.3. The maximum atomic E-state index is 12.3. The number of anilines is 1. The van der Waals surface area contributed by atoms with Gasteiger partial charge >= 0.3 is 0 Å². The van der Waals surface area contributed by atoms with E-state index >= 15 is 0 Å². The van der Waals surface area contributed by atoms with Crippen molar-refractivity contribution in [2.45, 2.75) is 26.3 Å². The monoisotopic (exact) mass is 337 g/mol. The van der Waals surface area contributed by atoms with E-state index in [-0.39, 0.29) is 18.4 Å². The molecule has 2 N–H and O–H groups in total. The van der Waals surface area contributed by atoms with Gasteiger partial charge in [0.1, 0.15) is 11.5 Å². The number of aromatic nitrogens is 2. The minimum Gasteiger partial charge on any atom is -0.394 e. The van der Waals surface area contributed by atoms with Crippen molar-refractivity contribution in [2.75, 3.05) is 25.6 Å². The Morgan fingerprint density at radius 2 is 2.39 bits per heavy atom. The molecule has 0 spiro atoms. The fourth-order valence-corrected chi connectivity index (χ4v) is 2.92. The van der Waals surface area contributed by atoms with Gasteiger partial charge in [-0.15, -0.1) is 11.3 Å². The number of aliphatic hydroxyl groups excluding tert-OH is 1. The van der Waals surface area contributed by atoms with Crippen LogP contribution in [0.25, 0.3) is 10.6 Å². The highest BCUT2D eigenvalue weighted by Gasteiger charge is 2.17. The number of aliphatic hydroxyl groups is 1. The van der Waals surface area contributed by atoms with Crippen LogP contribution in [0.3, 0.4) is 0 Å². The molecule has 0 fully saturated rings. The van der Waals surface area contributed by atoms with Gasteiger partial charge in [0.05, 0.1) is 18.0 Å². The Hall–Kier alpha value is -1.70. The number of thiophene rings is 1. The molecule has 7 heteroatoms. The molecule has 23 heavy (non-hydrogen) atoms. The Morgan fingerprint density at radius 3 is 3.04 bits per heavy atom. The van der Waals surface area contributed by atoms with Crippen molar-refractivity contribution in [3.63, 3.8) is 0 Å². The van der Waals surface area contributed by atoms with Crippen LogP contribution in [-0.4, -0.2) is 41.1 Å². The third-order valence-electron chi connectivity index (χ3n) is 3.55. The van der Waals surface area contributed by atoms with Gasteiger partial charge in [-0.05, 0) is 24.3 Å². The number of carbonyl (C=O) groups excluding carboxylic acids is 1. The topological polar surface area (TPSA) is 76.4 Å². The van der Waals surface area contributed by atoms with Crippen LogP contribution in [-0.2, 0) is 16.1 Å². The number of carbonyl (C=O) groups is 1. The highest BCUT2D eigenvalue weighted by molar-refractivity contribution is 7.13. The van der Waals surface area contributed by atoms with E-state index in [2.05, 4.69) is 10.4 Å². The molecule has 1 amide bonds. The Balaban J connectivity index is 2.07. The molecule has 2 aromatic rings. The largest absolute Gasteiger partial charge is 0.394 e. The number of nitrogens with one attached hydrogen (secondary N) is 1. The smallest absolute Gasteiger partial charge is 0.228 e. The van der Waals surface area contributed by atoms with Gasteiger partial charge in [-0.1, -0.05) is 13.0 Å². The van der Waals surface area contributed by atoms with Gasteiger partial charge in [-0.25, -0.2) is 4.68 Å². The van der Waals surface area contributed by atoms with E-state index in [4.69, 9.17) is 4.74 Å². The molecule has 2 aromatic heterocycles. The lowest BCUT2D eigenvalue weighted by Crippen LogP contribution is -2.23. The van der Waals surface area contributed by atoms with Gasteiger partial charge in [0, 0.05) is 25.7 Å². The minimum absolute atomic E-state index is 0.0299. The summed E-state index contributed by atoms with van der Waals surface area (Å²) < 4.78 is 6.65. The van der Waals surface area contributed by atoms with Gasteiger partial charge in [0.25, 0.3) is 0 Å². The lowest BCUT2D eigenvalue weighted by atomic mass is 10.1. The van der Waals surface area contributed by atoms with Crippen LogP contribution >= 0.6 is 11.3 Å². The van der Waals surface area contributed by atoms with Gasteiger partial charge in [-0.3, -0.25) is 4.79 Å². The molecular formula is C16H23N3O3S. The molecular weight excluding hydrogens is 314 g/mol. The second kappa shape index (κ2) is 8.81. The summed E-state index contributed by atoms with van der Waals surface area (Å²) in [5, 5.41) is 18.5. The van der Waals surface area contributed by atoms with Crippen LogP contribution in [0.5, 0.6) is 0 Å². The molecule has 0 bridgehead atoms. The standard InChI is InChI=1S/C16H23N3O3S/c1-12(5-3-9-22-2)16(21)17-15-11-13(14-6-4-10-23-14)18-19(15)7-8-20/h4,6,10-12,20H,3,5,7-9H2,1-2H3,(H,17,21). The van der Waals surface area contributed by atoms with Gasteiger partial charge in [-0.2, -0.15) is 5.10 Å². The zero-order valence-corrected chi connectivity index (χ0v) is 14.3. The molecule has 0 radical (unpaired) electrons. The predicted molar refractivity (Wildman–Crippen MR) is 91.5 cm³/mol. The molecule has 126 valence electrons. The number of nitrogens with zero attached hydrogens (tertiary/aromatic N) is 2. The van der Waals surface area contributed by atoms with Crippen LogP contribution in [0, 0.1) is 5.92 Å². The number of hydrogen-bond acceptors (Lipinski definition) is 5. The molecule has 1 atom stereocenters. The molecule has 2 rings (SSSR count). The molecule has 0 aromatic carbocycles. The Kier molecular flexibility index (Phi) is 6.76. The first-order chi connectivity index (χ1) is 11.2. The fourth-order valence-electron chi connectivity index (χ4n) is 2.24. The van der Waals surface area contributed by atoms with Crippen molar-refractivity contribution in [1.29, 1.82) is 0 Å². The molecule has 2 heterocycles. The first-order valence-electron chi connectivity index (χ1n) is 7.68. The summed E-state index contributed by atoms with van der Waals surface area (Å²) in [6, 6.07) is 5.79. The zero-order chi connectivity index (χ0) is 16.7. The first kappa shape index (κ1) is 17.7. The zero-order valence-electron chi connectivity index (χ0n) is 13.5. The van der Waals surface area contributed by atoms with Crippen LogP contribution < -0.4 is 5.32 Å². The Bertz CT molecular complexity index is 610. The van der Waals surface area contributed by atoms with Gasteiger partial charge in [0.15, 0.2) is 0 Å². The molecule has 0 saturated carbocycles. The summed E-state index contributed by atoms with van der Waals surface area (Å²) >= 11 is 1.59. The van der Waals surface area contributed by atoms with Crippen LogP contribution in [0.1, 0.15) is 19.8 Å². The number of amides is 1. The molecule has 0 aliphatic heterocycles. The number of rotatable bonds is 9. The van der Waals surface area contributed by atoms with E-state index in [0.29, 0.717) is 19.0 Å². The van der Waals surface area contributed by atoms with E-state index in [1.165, 1.54) is 0 Å². The average Bonchev–Trinajstić information content (AvgIpc) is 3.18. The number of ether oxygens (including phenoxy) is 1. The summed E-state index contributed by atoms with van der Waals surface area (Å²) in [5.74, 6) is 0.469. The third kappa shape index (κ3) is 4.89. The van der Waals surface area contributed by atoms with Crippen LogP contribution in [0.4, 0.5) is 5.82 Å². The second-order valence-corrected chi connectivity index (χ2v) is 6.31. The lowest BCUT2D eigenvalue weighted by molar-refractivity contribution is -0.119. The van der Waals surface area contributed by atoms with Crippen molar-refractivity contribution in [1.82, 2.24) is 9.78 Å². The minimum atomic E-state index is -0.104. The van der Waals surface area contributed by atoms with Gasteiger partial charge in [0.2, 0.25) is 5.91 Å². The predicted octanol–water partition coefficient (Wildman–Crippen LogP) is 2.61.